The largest absolute Gasteiger partial charge is 0.347 e. The molecule has 0 aliphatic heterocycles. The first-order chi connectivity index (χ1) is 27.2. The van der Waals surface area contributed by atoms with Gasteiger partial charge in [0.2, 0.25) is 0 Å². The molecule has 5 aromatic carbocycles. The second kappa shape index (κ2) is 16.9. The highest BCUT2D eigenvalue weighted by Gasteiger charge is 2.18. The maximum Gasteiger partial charge on any atom is 0.270 e. The fraction of sp³-hybridized carbons (Fsp3) is 0.130. The summed E-state index contributed by atoms with van der Waals surface area (Å²) < 4.78 is 0. The van der Waals surface area contributed by atoms with E-state index in [9.17, 15) is 19.2 Å². The molecule has 0 spiro atoms. The monoisotopic (exact) mass is 740 g/mol. The predicted molar refractivity (Wildman–Crippen MR) is 217 cm³/mol. The number of fused-ring (bicyclic) bond motifs is 2. The van der Waals surface area contributed by atoms with Crippen molar-refractivity contribution in [1.29, 1.82) is 0 Å². The van der Waals surface area contributed by atoms with Crippen LogP contribution >= 0.6 is 0 Å². The van der Waals surface area contributed by atoms with Gasteiger partial charge in [0, 0.05) is 13.1 Å². The first-order valence-corrected chi connectivity index (χ1v) is 18.4. The van der Waals surface area contributed by atoms with Crippen LogP contribution in [0.1, 0.15) is 90.1 Å². The van der Waals surface area contributed by atoms with Crippen molar-refractivity contribution in [2.24, 2.45) is 0 Å². The van der Waals surface area contributed by atoms with Gasteiger partial charge in [0.25, 0.3) is 23.6 Å². The Bertz CT molecular complexity index is 2400. The van der Waals surface area contributed by atoms with Crippen LogP contribution in [0.4, 0.5) is 0 Å². The zero-order valence-corrected chi connectivity index (χ0v) is 31.0. The Morgan fingerprint density at radius 2 is 0.804 bits per heavy atom. The summed E-state index contributed by atoms with van der Waals surface area (Å²) in [7, 11) is 0. The number of carbonyl (C=O) groups excluding carboxylic acids is 4. The fourth-order valence-electron chi connectivity index (χ4n) is 6.72. The molecule has 7 rings (SSSR count). The smallest absolute Gasteiger partial charge is 0.270 e. The topological polar surface area (TPSA) is 142 Å². The van der Waals surface area contributed by atoms with Crippen LogP contribution in [0.25, 0.3) is 21.5 Å². The van der Waals surface area contributed by atoms with Crippen molar-refractivity contribution in [1.82, 2.24) is 31.2 Å². The van der Waals surface area contributed by atoms with E-state index >= 15 is 0 Å². The van der Waals surface area contributed by atoms with Crippen LogP contribution in [-0.4, -0.2) is 33.6 Å². The van der Waals surface area contributed by atoms with Gasteiger partial charge >= 0.3 is 0 Å². The third-order valence-corrected chi connectivity index (χ3v) is 9.60. The minimum atomic E-state index is -0.429. The lowest BCUT2D eigenvalue weighted by molar-refractivity contribution is 0.0919. The van der Waals surface area contributed by atoms with E-state index in [0.717, 1.165) is 43.8 Å². The van der Waals surface area contributed by atoms with Gasteiger partial charge in [-0.1, -0.05) is 121 Å². The van der Waals surface area contributed by atoms with E-state index in [0.29, 0.717) is 0 Å². The van der Waals surface area contributed by atoms with E-state index in [1.165, 1.54) is 0 Å². The summed E-state index contributed by atoms with van der Waals surface area (Å²) in [6.07, 6.45) is 0. The lowest BCUT2D eigenvalue weighted by Crippen LogP contribution is -2.29. The standard InChI is InChI=1S/C46H40N6O4/c1-29(35-20-8-16-33-14-3-5-18-37(33)35)49-45(55)41-24-10-22-39(51-41)43(53)47-27-31-12-7-13-32(26-31)28-48-44(54)40-23-11-25-42(52-40)46(56)50-30(2)36-21-9-17-34-15-4-6-19-38(34)36/h3-26,29-30H,27-28H2,1-2H3,(H,47,53)(H,48,54)(H,49,55)(H,50,56)/t29-,30-/m0/s1. The Balaban J connectivity index is 0.917. The molecule has 278 valence electrons. The molecule has 7 aromatic rings. The van der Waals surface area contributed by atoms with Gasteiger partial charge in [-0.2, -0.15) is 0 Å². The predicted octanol–water partition coefficient (Wildman–Crippen LogP) is 7.63. The summed E-state index contributed by atoms with van der Waals surface area (Å²) in [6.45, 7) is 4.24. The van der Waals surface area contributed by atoms with Crippen molar-refractivity contribution in [3.05, 3.63) is 191 Å². The molecule has 2 aromatic heterocycles. The first-order valence-electron chi connectivity index (χ1n) is 18.4. The van der Waals surface area contributed by atoms with E-state index in [2.05, 4.69) is 31.2 Å². The number of nitrogens with one attached hydrogen (secondary N) is 4. The van der Waals surface area contributed by atoms with Crippen molar-refractivity contribution < 1.29 is 19.2 Å². The quantitative estimate of drug-likeness (QED) is 0.102. The van der Waals surface area contributed by atoms with E-state index in [-0.39, 0.29) is 59.8 Å². The Morgan fingerprint density at radius 1 is 0.446 bits per heavy atom. The molecule has 0 saturated carbocycles. The lowest BCUT2D eigenvalue weighted by atomic mass is 9.99. The maximum absolute atomic E-state index is 13.2. The molecule has 2 heterocycles. The molecule has 0 saturated heterocycles. The Hall–Kier alpha value is -7.20. The lowest BCUT2D eigenvalue weighted by Gasteiger charge is -2.16. The van der Waals surface area contributed by atoms with Crippen molar-refractivity contribution in [3.8, 4) is 0 Å². The average molecular weight is 741 g/mol. The van der Waals surface area contributed by atoms with Crippen LogP contribution in [0.2, 0.25) is 0 Å². The Labute approximate surface area is 324 Å². The number of benzene rings is 5. The summed E-state index contributed by atoms with van der Waals surface area (Å²) in [4.78, 5) is 61.2. The second-order valence-electron chi connectivity index (χ2n) is 13.5. The molecule has 4 N–H and O–H groups in total. The first kappa shape index (κ1) is 37.1. The summed E-state index contributed by atoms with van der Waals surface area (Å²) in [5.74, 6) is -1.62. The second-order valence-corrected chi connectivity index (χ2v) is 13.5. The number of nitrogens with zero attached hydrogens (tertiary/aromatic N) is 2. The summed E-state index contributed by atoms with van der Waals surface area (Å²) in [6, 6.07) is 44.4. The van der Waals surface area contributed by atoms with Gasteiger partial charge in [0.05, 0.1) is 12.1 Å². The molecule has 0 aliphatic carbocycles. The van der Waals surface area contributed by atoms with E-state index in [4.69, 9.17) is 0 Å². The van der Waals surface area contributed by atoms with Gasteiger partial charge in [0.15, 0.2) is 0 Å². The normalized spacial score (nSPS) is 12.0. The van der Waals surface area contributed by atoms with Crippen molar-refractivity contribution in [2.75, 3.05) is 0 Å². The van der Waals surface area contributed by atoms with Gasteiger partial charge in [-0.05, 0) is 81.9 Å². The van der Waals surface area contributed by atoms with Crippen molar-refractivity contribution in [2.45, 2.75) is 39.0 Å². The molecule has 0 aliphatic rings. The molecular weight excluding hydrogens is 701 g/mol. The molecule has 56 heavy (non-hydrogen) atoms. The van der Waals surface area contributed by atoms with Gasteiger partial charge < -0.3 is 21.3 Å². The number of carbonyl (C=O) groups is 4. The molecule has 0 fully saturated rings. The summed E-state index contributed by atoms with van der Waals surface area (Å²) in [5.41, 5.74) is 4.09. The number of hydrogen-bond donors (Lipinski definition) is 4. The highest BCUT2D eigenvalue weighted by Crippen LogP contribution is 2.25. The van der Waals surface area contributed by atoms with Crippen LogP contribution in [0.3, 0.4) is 0 Å². The van der Waals surface area contributed by atoms with Gasteiger partial charge in [-0.3, -0.25) is 19.2 Å². The molecule has 0 unspecified atom stereocenters. The SMILES string of the molecule is C[C@H](NC(=O)c1cccc(C(=O)NCc2cccc(CNC(=O)c3cccc(C(=O)N[C@@H](C)c4cccc5ccccc45)n3)c2)n1)c1cccc2ccccc12. The van der Waals surface area contributed by atoms with E-state index in [1.807, 2.05) is 123 Å². The van der Waals surface area contributed by atoms with Crippen LogP contribution in [0.15, 0.2) is 146 Å². The van der Waals surface area contributed by atoms with Gasteiger partial charge in [-0.15, -0.1) is 0 Å². The molecule has 10 nitrogen and oxygen atoms in total. The number of amides is 4. The number of rotatable bonds is 12. The molecular formula is C46H40N6O4. The Morgan fingerprint density at radius 3 is 1.25 bits per heavy atom. The summed E-state index contributed by atoms with van der Waals surface area (Å²) in [5, 5.41) is 16.0. The van der Waals surface area contributed by atoms with Crippen LogP contribution in [0, 0.1) is 0 Å². The van der Waals surface area contributed by atoms with Gasteiger partial charge in [-0.25, -0.2) is 9.97 Å². The highest BCUT2D eigenvalue weighted by molar-refractivity contribution is 5.98. The number of aromatic nitrogens is 2. The van der Waals surface area contributed by atoms with Crippen molar-refractivity contribution in [3.63, 3.8) is 0 Å². The minimum Gasteiger partial charge on any atom is -0.347 e. The fourth-order valence-corrected chi connectivity index (χ4v) is 6.72. The zero-order chi connectivity index (χ0) is 39.0. The number of hydrogen-bond acceptors (Lipinski definition) is 6. The third-order valence-electron chi connectivity index (χ3n) is 9.60. The molecule has 4 amide bonds. The maximum atomic E-state index is 13.2. The third kappa shape index (κ3) is 8.61. The molecule has 0 bridgehead atoms. The van der Waals surface area contributed by atoms with Crippen molar-refractivity contribution >= 4 is 45.2 Å². The Kier molecular flexibility index (Phi) is 11.2. The summed E-state index contributed by atoms with van der Waals surface area (Å²) >= 11 is 0. The minimum absolute atomic E-state index is 0.116. The molecule has 10 heteroatoms. The number of pyridine rings is 2. The van der Waals surface area contributed by atoms with E-state index in [1.54, 1.807) is 36.4 Å². The van der Waals surface area contributed by atoms with Crippen LogP contribution < -0.4 is 21.3 Å². The van der Waals surface area contributed by atoms with Crippen LogP contribution in [0.5, 0.6) is 0 Å². The molecule has 0 radical (unpaired) electrons. The van der Waals surface area contributed by atoms with Crippen LogP contribution in [-0.2, 0) is 13.1 Å². The van der Waals surface area contributed by atoms with E-state index < -0.39 is 11.8 Å². The van der Waals surface area contributed by atoms with Gasteiger partial charge in [0.1, 0.15) is 22.8 Å². The highest BCUT2D eigenvalue weighted by atomic mass is 16.2. The zero-order valence-electron chi connectivity index (χ0n) is 31.0. The molecule has 2 atom stereocenters. The average Bonchev–Trinajstić information content (AvgIpc) is 3.24.